The van der Waals surface area contributed by atoms with Gasteiger partial charge in [0, 0.05) is 29.7 Å². The Hall–Kier alpha value is -2.86. The molecule has 0 aliphatic carbocycles. The summed E-state index contributed by atoms with van der Waals surface area (Å²) in [4.78, 5) is 11.1. The summed E-state index contributed by atoms with van der Waals surface area (Å²) in [5, 5.41) is 0.805. The largest absolute Gasteiger partial charge is 0.496 e. The molecule has 0 radical (unpaired) electrons. The van der Waals surface area contributed by atoms with Gasteiger partial charge in [0.2, 0.25) is 5.95 Å². The molecule has 0 amide bonds. The molecule has 25 heavy (non-hydrogen) atoms. The Bertz CT molecular complexity index is 970. The maximum atomic E-state index is 6.23. The molecule has 4 N–H and O–H groups in total. The normalized spacial score (nSPS) is 14.5. The third-order valence-corrected chi connectivity index (χ3v) is 4.75. The third-order valence-electron chi connectivity index (χ3n) is 4.75. The quantitative estimate of drug-likeness (QED) is 0.699. The van der Waals surface area contributed by atoms with E-state index in [4.69, 9.17) is 16.2 Å². The number of nitrogens with zero attached hydrogens (tertiary/aromatic N) is 3. The van der Waals surface area contributed by atoms with Crippen molar-refractivity contribution in [2.45, 2.75) is 13.0 Å². The minimum atomic E-state index is 0.227. The van der Waals surface area contributed by atoms with Crippen molar-refractivity contribution in [1.29, 1.82) is 0 Å². The van der Waals surface area contributed by atoms with E-state index in [-0.39, 0.29) is 5.95 Å². The summed E-state index contributed by atoms with van der Waals surface area (Å²) < 4.78 is 5.67. The van der Waals surface area contributed by atoms with Gasteiger partial charge in [-0.3, -0.25) is 0 Å². The molecule has 3 aromatic rings. The van der Waals surface area contributed by atoms with E-state index in [0.29, 0.717) is 11.4 Å². The molecule has 6 nitrogen and oxygen atoms in total. The average Bonchev–Trinajstić information content (AvgIpc) is 2.59. The van der Waals surface area contributed by atoms with Crippen LogP contribution in [0, 0.1) is 0 Å². The fraction of sp³-hybridized carbons (Fsp3) is 0.263. The van der Waals surface area contributed by atoms with Gasteiger partial charge in [-0.15, -0.1) is 0 Å². The van der Waals surface area contributed by atoms with E-state index in [1.54, 1.807) is 7.11 Å². The van der Waals surface area contributed by atoms with E-state index in [1.807, 2.05) is 18.2 Å². The summed E-state index contributed by atoms with van der Waals surface area (Å²) >= 11 is 0. The van der Waals surface area contributed by atoms with Gasteiger partial charge in [0.1, 0.15) is 5.75 Å². The van der Waals surface area contributed by atoms with E-state index in [0.717, 1.165) is 41.7 Å². The monoisotopic (exact) mass is 335 g/mol. The Balaban J connectivity index is 2.02. The van der Waals surface area contributed by atoms with Crippen LogP contribution in [-0.4, -0.2) is 35.6 Å². The molecule has 0 spiro atoms. The number of nitrogen functional groups attached to an aromatic ring is 2. The van der Waals surface area contributed by atoms with Gasteiger partial charge in [0.15, 0.2) is 0 Å². The van der Waals surface area contributed by atoms with Gasteiger partial charge in [-0.2, -0.15) is 0 Å². The molecule has 128 valence electrons. The maximum absolute atomic E-state index is 6.23. The number of ether oxygens (including phenoxy) is 1. The molecule has 0 bridgehead atoms. The lowest BCUT2D eigenvalue weighted by atomic mass is 9.94. The molecule has 4 rings (SSSR count). The van der Waals surface area contributed by atoms with E-state index in [9.17, 15) is 0 Å². The molecular weight excluding hydrogens is 314 g/mol. The first kappa shape index (κ1) is 15.7. The van der Waals surface area contributed by atoms with Crippen LogP contribution in [-0.2, 0) is 13.0 Å². The van der Waals surface area contributed by atoms with Crippen LogP contribution in [0.4, 0.5) is 11.6 Å². The molecule has 1 aliphatic rings. The number of rotatable bonds is 2. The lowest BCUT2D eigenvalue weighted by Crippen LogP contribution is -2.26. The van der Waals surface area contributed by atoms with Crippen molar-refractivity contribution in [3.05, 3.63) is 41.5 Å². The number of fused-ring (bicyclic) bond motifs is 2. The molecule has 0 atom stereocenters. The lowest BCUT2D eigenvalue weighted by molar-refractivity contribution is 0.312. The van der Waals surface area contributed by atoms with Gasteiger partial charge in [-0.25, -0.2) is 9.97 Å². The number of anilines is 2. The average molecular weight is 335 g/mol. The van der Waals surface area contributed by atoms with E-state index >= 15 is 0 Å². The molecule has 0 saturated carbocycles. The van der Waals surface area contributed by atoms with Crippen LogP contribution in [0.2, 0.25) is 0 Å². The highest BCUT2D eigenvalue weighted by Crippen LogP contribution is 2.38. The number of likely N-dealkylation sites (N-methyl/N-ethyl adjacent to an activating group) is 1. The predicted molar refractivity (Wildman–Crippen MR) is 100 cm³/mol. The second kappa shape index (κ2) is 5.89. The molecule has 1 aliphatic heterocycles. The predicted octanol–water partition coefficient (Wildman–Crippen LogP) is 2.46. The third kappa shape index (κ3) is 2.64. The van der Waals surface area contributed by atoms with Gasteiger partial charge in [-0.05, 0) is 48.9 Å². The molecule has 1 aromatic heterocycles. The molecule has 0 saturated heterocycles. The lowest BCUT2D eigenvalue weighted by Gasteiger charge is -2.26. The summed E-state index contributed by atoms with van der Waals surface area (Å²) in [7, 11) is 3.80. The van der Waals surface area contributed by atoms with Gasteiger partial charge in [0.05, 0.1) is 18.3 Å². The van der Waals surface area contributed by atoms with Gasteiger partial charge < -0.3 is 21.1 Å². The van der Waals surface area contributed by atoms with Gasteiger partial charge in [0.25, 0.3) is 0 Å². The summed E-state index contributed by atoms with van der Waals surface area (Å²) in [5.41, 5.74) is 17.8. The number of aromatic nitrogens is 2. The number of hydrogen-bond acceptors (Lipinski definition) is 6. The molecule has 2 aromatic carbocycles. The Labute approximate surface area is 146 Å². The minimum absolute atomic E-state index is 0.227. The summed E-state index contributed by atoms with van der Waals surface area (Å²) in [6, 6.07) is 9.88. The maximum Gasteiger partial charge on any atom is 0.221 e. The first-order valence-electron chi connectivity index (χ1n) is 8.27. The molecule has 0 fully saturated rings. The van der Waals surface area contributed by atoms with Crippen LogP contribution in [0.1, 0.15) is 11.1 Å². The SMILES string of the molecule is COc1cc2c(cc1-c1nc(N)nc3cccc(N)c13)CN(C)CC2. The first-order valence-corrected chi connectivity index (χ1v) is 8.27. The first-order chi connectivity index (χ1) is 12.1. The smallest absolute Gasteiger partial charge is 0.221 e. The minimum Gasteiger partial charge on any atom is -0.496 e. The zero-order chi connectivity index (χ0) is 17.6. The Kier molecular flexibility index (Phi) is 3.69. The standard InChI is InChI=1S/C19H21N5O/c1-24-7-6-11-9-16(25-2)13(8-12(11)10-24)18-17-14(20)4-3-5-15(17)22-19(21)23-18/h3-5,8-9H,6-7,10,20H2,1-2H3,(H2,21,22,23). The van der Waals surface area contributed by atoms with Crippen LogP contribution in [0.15, 0.2) is 30.3 Å². The second-order valence-electron chi connectivity index (χ2n) is 6.48. The van der Waals surface area contributed by atoms with Crippen molar-refractivity contribution >= 4 is 22.5 Å². The van der Waals surface area contributed by atoms with E-state index in [2.05, 4.69) is 34.0 Å². The molecular formula is C19H21N5O. The van der Waals surface area contributed by atoms with Gasteiger partial charge >= 0.3 is 0 Å². The zero-order valence-electron chi connectivity index (χ0n) is 14.4. The highest BCUT2D eigenvalue weighted by Gasteiger charge is 2.20. The molecule has 2 heterocycles. The van der Waals surface area contributed by atoms with E-state index < -0.39 is 0 Å². The Morgan fingerprint density at radius 1 is 1.12 bits per heavy atom. The van der Waals surface area contributed by atoms with Crippen LogP contribution < -0.4 is 16.2 Å². The van der Waals surface area contributed by atoms with Gasteiger partial charge in [-0.1, -0.05) is 6.07 Å². The van der Waals surface area contributed by atoms with Crippen molar-refractivity contribution in [2.24, 2.45) is 0 Å². The summed E-state index contributed by atoms with van der Waals surface area (Å²) in [6.45, 7) is 1.95. The molecule has 6 heteroatoms. The van der Waals surface area contributed by atoms with Crippen molar-refractivity contribution in [3.8, 4) is 17.0 Å². The fourth-order valence-electron chi connectivity index (χ4n) is 3.50. The van der Waals surface area contributed by atoms with E-state index in [1.165, 1.54) is 11.1 Å². The number of benzene rings is 2. The number of hydrogen-bond donors (Lipinski definition) is 2. The van der Waals surface area contributed by atoms with Crippen molar-refractivity contribution in [3.63, 3.8) is 0 Å². The summed E-state index contributed by atoms with van der Waals surface area (Å²) in [5.74, 6) is 1.01. The Morgan fingerprint density at radius 2 is 1.96 bits per heavy atom. The second-order valence-corrected chi connectivity index (χ2v) is 6.48. The summed E-state index contributed by atoms with van der Waals surface area (Å²) in [6.07, 6.45) is 1.01. The van der Waals surface area contributed by atoms with Crippen molar-refractivity contribution in [1.82, 2.24) is 14.9 Å². The molecule has 0 unspecified atom stereocenters. The van der Waals surface area contributed by atoms with Crippen LogP contribution >= 0.6 is 0 Å². The number of methoxy groups -OCH3 is 1. The fourth-order valence-corrected chi connectivity index (χ4v) is 3.50. The van der Waals surface area contributed by atoms with Crippen molar-refractivity contribution in [2.75, 3.05) is 32.2 Å². The van der Waals surface area contributed by atoms with Crippen LogP contribution in [0.25, 0.3) is 22.2 Å². The van der Waals surface area contributed by atoms with Crippen LogP contribution in [0.5, 0.6) is 5.75 Å². The highest BCUT2D eigenvalue weighted by atomic mass is 16.5. The zero-order valence-corrected chi connectivity index (χ0v) is 14.4. The Morgan fingerprint density at radius 3 is 2.76 bits per heavy atom. The highest BCUT2D eigenvalue weighted by molar-refractivity contribution is 6.02. The number of nitrogens with two attached hydrogens (primary N) is 2. The van der Waals surface area contributed by atoms with Crippen LogP contribution in [0.3, 0.4) is 0 Å². The topological polar surface area (TPSA) is 90.3 Å². The van der Waals surface area contributed by atoms with Crippen molar-refractivity contribution < 1.29 is 4.74 Å².